The lowest BCUT2D eigenvalue weighted by Crippen LogP contribution is -2.43. The van der Waals surface area contributed by atoms with Crippen LogP contribution in [0.5, 0.6) is 11.5 Å². The molecule has 0 radical (unpaired) electrons. The number of ether oxygens (including phenoxy) is 2. The van der Waals surface area contributed by atoms with Gasteiger partial charge in [0.05, 0.1) is 60.3 Å². The van der Waals surface area contributed by atoms with E-state index in [0.717, 1.165) is 108 Å². The highest BCUT2D eigenvalue weighted by Gasteiger charge is 2.43. The first-order valence-corrected chi connectivity index (χ1v) is 22.5. The number of hydrogen-bond acceptors (Lipinski definition) is 14. The second-order valence-electron chi connectivity index (χ2n) is 16.6. The van der Waals surface area contributed by atoms with Gasteiger partial charge in [0.1, 0.15) is 45.5 Å². The number of fused-ring (bicyclic) bond motifs is 8. The molecule has 2 aromatic carbocycles. The lowest BCUT2D eigenvalue weighted by Gasteiger charge is -2.37. The molecule has 16 heteroatoms. The summed E-state index contributed by atoms with van der Waals surface area (Å²) >= 11 is 3.27. The van der Waals surface area contributed by atoms with Crippen LogP contribution in [0.2, 0.25) is 0 Å². The van der Waals surface area contributed by atoms with Crippen molar-refractivity contribution in [3.05, 3.63) is 80.1 Å². The molecule has 6 aromatic rings. The predicted molar refractivity (Wildman–Crippen MR) is 246 cm³/mol. The molecule has 0 bridgehead atoms. The number of carboxylic acid groups (broad SMARTS) is 1. The number of thiophene rings is 2. The molecule has 3 N–H and O–H groups in total. The normalized spacial score (nSPS) is 19.3. The second-order valence-corrected chi connectivity index (χ2v) is 18.8. The van der Waals surface area contributed by atoms with Gasteiger partial charge in [-0.3, -0.25) is 19.6 Å². The maximum atomic E-state index is 13.0. The number of carbonyl (C=O) groups is 2. The van der Waals surface area contributed by atoms with Gasteiger partial charge in [-0.05, 0) is 109 Å². The third-order valence-corrected chi connectivity index (χ3v) is 15.4. The first-order chi connectivity index (χ1) is 30.0. The first kappa shape index (κ1) is 41.4. The number of methoxy groups -OCH3 is 2. The van der Waals surface area contributed by atoms with Crippen LogP contribution < -0.4 is 20.1 Å². The summed E-state index contributed by atoms with van der Waals surface area (Å²) in [5, 5.41) is 18.8. The summed E-state index contributed by atoms with van der Waals surface area (Å²) in [7, 11) is 7.03. The van der Waals surface area contributed by atoms with Gasteiger partial charge in [-0.1, -0.05) is 13.8 Å². The second kappa shape index (κ2) is 16.4. The fourth-order valence-electron chi connectivity index (χ4n) is 9.41. The average Bonchev–Trinajstić information content (AvgIpc) is 4.10. The quantitative estimate of drug-likeness (QED) is 0.120. The minimum absolute atomic E-state index is 0.220. The number of anilines is 4. The summed E-state index contributed by atoms with van der Waals surface area (Å²) < 4.78 is 11.2. The Bertz CT molecular complexity index is 2830. The highest BCUT2D eigenvalue weighted by Crippen LogP contribution is 2.48. The van der Waals surface area contributed by atoms with E-state index in [1.807, 2.05) is 51.6 Å². The molecule has 0 unspecified atom stereocenters. The van der Waals surface area contributed by atoms with Gasteiger partial charge in [0.2, 0.25) is 5.91 Å². The Morgan fingerprint density at radius 2 is 1.19 bits per heavy atom. The number of carboxylic acids is 1. The molecule has 0 saturated heterocycles. The minimum atomic E-state index is -0.706. The highest BCUT2D eigenvalue weighted by molar-refractivity contribution is 7.19. The molecule has 2 atom stereocenters. The minimum Gasteiger partial charge on any atom is -0.495 e. The van der Waals surface area contributed by atoms with E-state index < -0.39 is 11.4 Å². The van der Waals surface area contributed by atoms with Crippen LogP contribution in [-0.4, -0.2) is 82.6 Å². The van der Waals surface area contributed by atoms with Gasteiger partial charge in [-0.25, -0.2) is 19.9 Å². The van der Waals surface area contributed by atoms with E-state index in [-0.39, 0.29) is 11.3 Å². The molecule has 4 aliphatic rings. The molecular formula is C46H49N9O5S2. The average molecular weight is 872 g/mol. The summed E-state index contributed by atoms with van der Waals surface area (Å²) in [6.07, 6.45) is 12.7. The van der Waals surface area contributed by atoms with Gasteiger partial charge in [-0.15, -0.1) is 22.7 Å². The summed E-state index contributed by atoms with van der Waals surface area (Å²) in [5.74, 6) is 2.53. The van der Waals surface area contributed by atoms with E-state index >= 15 is 0 Å². The van der Waals surface area contributed by atoms with E-state index in [9.17, 15) is 14.7 Å². The standard InChI is InChI=1S/C24H27N5O2S.C22H22N4O3S/c1-5-24(23(30)29(2)3)7-6-16-19(10-24)32-22-20(16)21(26-13-27-22)28-17-8-14-11-25-12-15(14)9-18(17)31-4;1-3-22(21(27)28)5-4-14-17(8-22)30-20-18(14)19(24-11-25-20)26-15-6-12-9-23-10-13(12)7-16(15)29-2/h8-9,11,13H,5-7,10,12H2,1-4H3,(H,26,27,28);6-7,9,11H,3-5,8,10H2,1-2H3,(H,27,28)(H,24,25,26)/t24-;22-/m00/s1. The van der Waals surface area contributed by atoms with Gasteiger partial charge in [0.25, 0.3) is 0 Å². The van der Waals surface area contributed by atoms with Crippen molar-refractivity contribution in [1.82, 2.24) is 24.8 Å². The Balaban J connectivity index is 0.000000158. The zero-order chi connectivity index (χ0) is 43.3. The lowest BCUT2D eigenvalue weighted by atomic mass is 9.71. The first-order valence-electron chi connectivity index (χ1n) is 20.9. The van der Waals surface area contributed by atoms with Crippen molar-refractivity contribution in [1.29, 1.82) is 0 Å². The van der Waals surface area contributed by atoms with E-state index in [1.165, 1.54) is 16.0 Å². The van der Waals surface area contributed by atoms with Gasteiger partial charge in [-0.2, -0.15) is 0 Å². The van der Waals surface area contributed by atoms with Gasteiger partial charge < -0.3 is 30.1 Å². The number of nitrogens with one attached hydrogen (secondary N) is 2. The molecule has 62 heavy (non-hydrogen) atoms. The number of aliphatic carboxylic acids is 1. The monoisotopic (exact) mass is 871 g/mol. The van der Waals surface area contributed by atoms with Crippen LogP contribution in [0.1, 0.15) is 82.7 Å². The maximum Gasteiger partial charge on any atom is 0.309 e. The van der Waals surface area contributed by atoms with Crippen molar-refractivity contribution in [2.24, 2.45) is 20.8 Å². The Hall–Kier alpha value is -6.00. The number of aromatic nitrogens is 4. The maximum absolute atomic E-state index is 13.0. The van der Waals surface area contributed by atoms with E-state index in [4.69, 9.17) is 9.47 Å². The number of nitrogens with zero attached hydrogens (tertiary/aromatic N) is 7. The zero-order valence-electron chi connectivity index (χ0n) is 35.7. The molecule has 6 heterocycles. The van der Waals surface area contributed by atoms with Crippen molar-refractivity contribution < 1.29 is 24.2 Å². The number of aliphatic imine (C=N–C) groups is 2. The number of aryl methyl sites for hydroxylation is 2. The van der Waals surface area contributed by atoms with Crippen LogP contribution in [0.15, 0.2) is 46.9 Å². The topological polar surface area (TPSA) is 176 Å². The fraction of sp³-hybridized carbons (Fsp3) is 0.391. The third kappa shape index (κ3) is 7.12. The molecule has 0 fully saturated rings. The Kier molecular flexibility index (Phi) is 10.9. The van der Waals surface area contributed by atoms with Crippen LogP contribution in [0, 0.1) is 10.8 Å². The smallest absolute Gasteiger partial charge is 0.309 e. The molecule has 320 valence electrons. The molecule has 4 aromatic heterocycles. The summed E-state index contributed by atoms with van der Waals surface area (Å²) in [6, 6.07) is 8.14. The van der Waals surface area contributed by atoms with Crippen LogP contribution in [0.3, 0.4) is 0 Å². The summed E-state index contributed by atoms with van der Waals surface area (Å²) in [6.45, 7) is 5.44. The SMILES string of the molecule is CC[C@]1(C(=O)N(C)C)CCc2c(sc3ncnc(Nc4cc5c(cc4OC)CN=C5)c23)C1.CC[C@]1(C(=O)O)CCc2c(sc3ncnc(Nc4cc5c(cc4OC)CN=C5)c23)C1. The molecule has 1 amide bonds. The third-order valence-electron chi connectivity index (χ3n) is 13.1. The van der Waals surface area contributed by atoms with Crippen LogP contribution in [-0.2, 0) is 48.4 Å². The molecule has 0 spiro atoms. The Morgan fingerprint density at radius 3 is 1.63 bits per heavy atom. The van der Waals surface area contributed by atoms with Crippen molar-refractivity contribution in [3.8, 4) is 11.5 Å². The molecule has 14 nitrogen and oxygen atoms in total. The highest BCUT2D eigenvalue weighted by atomic mass is 32.1. The van der Waals surface area contributed by atoms with Crippen molar-refractivity contribution >= 4 is 90.4 Å². The van der Waals surface area contributed by atoms with Crippen molar-refractivity contribution in [2.75, 3.05) is 38.9 Å². The molecule has 2 aliphatic heterocycles. The lowest BCUT2D eigenvalue weighted by molar-refractivity contribution is -0.150. The zero-order valence-corrected chi connectivity index (χ0v) is 37.4. The van der Waals surface area contributed by atoms with Gasteiger partial charge >= 0.3 is 5.97 Å². The molecule has 10 rings (SSSR count). The largest absolute Gasteiger partial charge is 0.495 e. The van der Waals surface area contributed by atoms with Crippen molar-refractivity contribution in [2.45, 2.75) is 78.3 Å². The number of amides is 1. The molecular weight excluding hydrogens is 823 g/mol. The number of benzene rings is 2. The van der Waals surface area contributed by atoms with E-state index in [2.05, 4.69) is 53.5 Å². The van der Waals surface area contributed by atoms with E-state index in [1.54, 1.807) is 54.4 Å². The van der Waals surface area contributed by atoms with Crippen molar-refractivity contribution in [3.63, 3.8) is 0 Å². The van der Waals surface area contributed by atoms with Crippen LogP contribution in [0.25, 0.3) is 20.4 Å². The van der Waals surface area contributed by atoms with Crippen LogP contribution >= 0.6 is 22.7 Å². The van der Waals surface area contributed by atoms with Crippen LogP contribution in [0.4, 0.5) is 23.0 Å². The van der Waals surface area contributed by atoms with Gasteiger partial charge in [0.15, 0.2) is 0 Å². The molecule has 2 aliphatic carbocycles. The summed E-state index contributed by atoms with van der Waals surface area (Å²) in [4.78, 5) is 57.7. The predicted octanol–water partition coefficient (Wildman–Crippen LogP) is 8.70. The van der Waals surface area contributed by atoms with Gasteiger partial charge in [0, 0.05) is 36.3 Å². The number of carbonyl (C=O) groups excluding carboxylic acids is 1. The van der Waals surface area contributed by atoms with E-state index in [0.29, 0.717) is 38.8 Å². The summed E-state index contributed by atoms with van der Waals surface area (Å²) in [5.41, 5.74) is 7.59. The number of rotatable bonds is 10. The fourth-order valence-corrected chi connectivity index (χ4v) is 12.1. The Morgan fingerprint density at radius 1 is 0.726 bits per heavy atom. The Labute approximate surface area is 367 Å². The number of hydrogen-bond donors (Lipinski definition) is 3. The molecule has 0 saturated carbocycles.